The molecular weight excluding hydrogens is 234 g/mol. The van der Waals surface area contributed by atoms with E-state index in [-0.39, 0.29) is 0 Å². The highest BCUT2D eigenvalue weighted by Gasteiger charge is 2.49. The van der Waals surface area contributed by atoms with E-state index in [0.29, 0.717) is 11.3 Å². The van der Waals surface area contributed by atoms with Gasteiger partial charge in [0.1, 0.15) is 0 Å². The van der Waals surface area contributed by atoms with Crippen molar-refractivity contribution in [3.05, 3.63) is 0 Å². The summed E-state index contributed by atoms with van der Waals surface area (Å²) in [6.45, 7) is 11.0. The third kappa shape index (κ3) is 3.95. The smallest absolute Gasteiger partial charge is 0.0488 e. The van der Waals surface area contributed by atoms with Crippen LogP contribution in [0.4, 0.5) is 0 Å². The van der Waals surface area contributed by atoms with E-state index in [0.717, 1.165) is 25.0 Å². The summed E-state index contributed by atoms with van der Waals surface area (Å²) in [5, 5.41) is 3.70. The molecule has 0 aromatic heterocycles. The summed E-state index contributed by atoms with van der Waals surface area (Å²) >= 11 is 0. The first-order valence-corrected chi connectivity index (χ1v) is 8.45. The molecule has 2 fully saturated rings. The molecular formula is C17H33NO. The average molecular weight is 267 g/mol. The topological polar surface area (TPSA) is 21.3 Å². The van der Waals surface area contributed by atoms with Crippen molar-refractivity contribution in [2.45, 2.75) is 59.3 Å². The van der Waals surface area contributed by atoms with Gasteiger partial charge in [-0.15, -0.1) is 0 Å². The summed E-state index contributed by atoms with van der Waals surface area (Å²) in [5.41, 5.74) is 0.565. The zero-order valence-electron chi connectivity index (χ0n) is 13.2. The molecule has 2 bridgehead atoms. The number of nitrogens with one attached hydrogen (secondary N) is 1. The van der Waals surface area contributed by atoms with Crippen LogP contribution in [0.2, 0.25) is 0 Å². The second kappa shape index (κ2) is 7.08. The fourth-order valence-electron chi connectivity index (χ4n) is 4.28. The molecule has 0 aromatic rings. The molecule has 2 nitrogen and oxygen atoms in total. The van der Waals surface area contributed by atoms with Gasteiger partial charge in [0, 0.05) is 19.8 Å². The summed E-state index contributed by atoms with van der Waals surface area (Å²) in [4.78, 5) is 0. The lowest BCUT2D eigenvalue weighted by Crippen LogP contribution is -2.40. The van der Waals surface area contributed by atoms with Crippen molar-refractivity contribution in [3.8, 4) is 0 Å². The van der Waals surface area contributed by atoms with E-state index < -0.39 is 0 Å². The number of rotatable bonds is 9. The Labute approximate surface area is 119 Å². The predicted octanol–water partition coefficient (Wildman–Crippen LogP) is 3.86. The molecule has 2 aliphatic rings. The first kappa shape index (κ1) is 15.3. The molecule has 2 saturated carbocycles. The minimum atomic E-state index is 0.565. The van der Waals surface area contributed by atoms with Crippen molar-refractivity contribution < 1.29 is 4.74 Å². The van der Waals surface area contributed by atoms with E-state index in [9.17, 15) is 0 Å². The van der Waals surface area contributed by atoms with Gasteiger partial charge in [-0.3, -0.25) is 0 Å². The van der Waals surface area contributed by atoms with Crippen LogP contribution in [0.1, 0.15) is 59.3 Å². The molecule has 19 heavy (non-hydrogen) atoms. The van der Waals surface area contributed by atoms with Crippen LogP contribution in [-0.2, 0) is 4.74 Å². The van der Waals surface area contributed by atoms with E-state index in [1.807, 2.05) is 0 Å². The predicted molar refractivity (Wildman–Crippen MR) is 81.3 cm³/mol. The van der Waals surface area contributed by atoms with Crippen LogP contribution in [0.25, 0.3) is 0 Å². The van der Waals surface area contributed by atoms with Crippen LogP contribution in [0.5, 0.6) is 0 Å². The molecule has 0 aliphatic heterocycles. The van der Waals surface area contributed by atoms with Gasteiger partial charge in [-0.25, -0.2) is 0 Å². The first-order valence-electron chi connectivity index (χ1n) is 8.45. The molecule has 0 amide bonds. The van der Waals surface area contributed by atoms with Gasteiger partial charge in [-0.05, 0) is 61.8 Å². The van der Waals surface area contributed by atoms with Crippen molar-refractivity contribution in [1.82, 2.24) is 5.32 Å². The van der Waals surface area contributed by atoms with Crippen LogP contribution >= 0.6 is 0 Å². The first-order chi connectivity index (χ1) is 9.16. The lowest BCUT2D eigenvalue weighted by molar-refractivity contribution is 0.0518. The average Bonchev–Trinajstić information content (AvgIpc) is 2.96. The molecule has 3 atom stereocenters. The Morgan fingerprint density at radius 3 is 2.74 bits per heavy atom. The van der Waals surface area contributed by atoms with Crippen molar-refractivity contribution in [2.24, 2.45) is 23.2 Å². The highest BCUT2D eigenvalue weighted by atomic mass is 16.5. The standard InChI is InChI=1S/C17H33NO/c1-4-8-18-13-17(7-9-19-12-14(2)3)11-15-5-6-16(17)10-15/h14-16,18H,4-13H2,1-3H3. The normalized spacial score (nSPS) is 33.5. The SMILES string of the molecule is CCCNCC1(CCOCC(C)C)CC2CCC1C2. The van der Waals surface area contributed by atoms with Gasteiger partial charge in [-0.1, -0.05) is 27.2 Å². The fourth-order valence-corrected chi connectivity index (χ4v) is 4.28. The molecule has 0 heterocycles. The molecule has 2 heteroatoms. The highest BCUT2D eigenvalue weighted by molar-refractivity contribution is 5.01. The third-order valence-corrected chi connectivity index (χ3v) is 5.20. The third-order valence-electron chi connectivity index (χ3n) is 5.20. The number of hydrogen-bond acceptors (Lipinski definition) is 2. The van der Waals surface area contributed by atoms with Gasteiger partial charge in [0.15, 0.2) is 0 Å². The van der Waals surface area contributed by atoms with Crippen LogP contribution in [0.3, 0.4) is 0 Å². The molecule has 0 spiro atoms. The Bertz CT molecular complexity index is 266. The van der Waals surface area contributed by atoms with Crippen LogP contribution < -0.4 is 5.32 Å². The molecule has 112 valence electrons. The monoisotopic (exact) mass is 267 g/mol. The zero-order chi connectivity index (χ0) is 13.7. The van der Waals surface area contributed by atoms with E-state index in [1.165, 1.54) is 51.6 Å². The summed E-state index contributed by atoms with van der Waals surface area (Å²) in [6.07, 6.45) is 8.44. The maximum Gasteiger partial charge on any atom is 0.0488 e. The Kier molecular flexibility index (Phi) is 5.70. The van der Waals surface area contributed by atoms with Crippen LogP contribution in [0.15, 0.2) is 0 Å². The lowest BCUT2D eigenvalue weighted by Gasteiger charge is -2.38. The van der Waals surface area contributed by atoms with E-state index in [2.05, 4.69) is 26.1 Å². The number of hydrogen-bond donors (Lipinski definition) is 1. The fraction of sp³-hybridized carbons (Fsp3) is 1.00. The number of fused-ring (bicyclic) bond motifs is 2. The molecule has 0 radical (unpaired) electrons. The quantitative estimate of drug-likeness (QED) is 0.641. The molecule has 3 unspecified atom stereocenters. The maximum atomic E-state index is 5.87. The minimum Gasteiger partial charge on any atom is -0.381 e. The molecule has 2 aliphatic carbocycles. The Hall–Kier alpha value is -0.0800. The Morgan fingerprint density at radius 1 is 1.32 bits per heavy atom. The van der Waals surface area contributed by atoms with Crippen molar-refractivity contribution in [2.75, 3.05) is 26.3 Å². The summed E-state index contributed by atoms with van der Waals surface area (Å²) in [6, 6.07) is 0. The van der Waals surface area contributed by atoms with Gasteiger partial charge < -0.3 is 10.1 Å². The van der Waals surface area contributed by atoms with Gasteiger partial charge in [0.25, 0.3) is 0 Å². The van der Waals surface area contributed by atoms with Crippen LogP contribution in [-0.4, -0.2) is 26.3 Å². The Balaban J connectivity index is 1.81. The van der Waals surface area contributed by atoms with Gasteiger partial charge >= 0.3 is 0 Å². The Morgan fingerprint density at radius 2 is 2.16 bits per heavy atom. The second-order valence-corrected chi connectivity index (χ2v) is 7.34. The molecule has 0 aromatic carbocycles. The van der Waals surface area contributed by atoms with Crippen LogP contribution in [0, 0.1) is 23.2 Å². The zero-order valence-corrected chi connectivity index (χ0v) is 13.2. The van der Waals surface area contributed by atoms with Gasteiger partial charge in [-0.2, -0.15) is 0 Å². The second-order valence-electron chi connectivity index (χ2n) is 7.34. The van der Waals surface area contributed by atoms with E-state index >= 15 is 0 Å². The largest absolute Gasteiger partial charge is 0.381 e. The minimum absolute atomic E-state index is 0.565. The van der Waals surface area contributed by atoms with Crippen molar-refractivity contribution in [1.29, 1.82) is 0 Å². The molecule has 0 saturated heterocycles. The lowest BCUT2D eigenvalue weighted by atomic mass is 9.71. The molecule has 1 N–H and O–H groups in total. The summed E-state index contributed by atoms with van der Waals surface area (Å²) in [5.74, 6) is 2.66. The van der Waals surface area contributed by atoms with E-state index in [4.69, 9.17) is 4.74 Å². The highest BCUT2D eigenvalue weighted by Crippen LogP contribution is 2.57. The number of ether oxygens (including phenoxy) is 1. The summed E-state index contributed by atoms with van der Waals surface area (Å²) in [7, 11) is 0. The van der Waals surface area contributed by atoms with Crippen molar-refractivity contribution in [3.63, 3.8) is 0 Å². The van der Waals surface area contributed by atoms with Gasteiger partial charge in [0.2, 0.25) is 0 Å². The maximum absolute atomic E-state index is 5.87. The van der Waals surface area contributed by atoms with Gasteiger partial charge in [0.05, 0.1) is 0 Å². The molecule has 2 rings (SSSR count). The van der Waals surface area contributed by atoms with Crippen molar-refractivity contribution >= 4 is 0 Å². The summed E-state index contributed by atoms with van der Waals surface area (Å²) < 4.78 is 5.87. The van der Waals surface area contributed by atoms with E-state index in [1.54, 1.807) is 0 Å².